The molecule has 0 radical (unpaired) electrons. The van der Waals surface area contributed by atoms with Crippen molar-refractivity contribution < 1.29 is 80.5 Å². The Hall–Kier alpha value is -8.94. The van der Waals surface area contributed by atoms with Gasteiger partial charge in [-0.2, -0.15) is 0 Å². The number of ether oxygens (including phenoxy) is 12. The third-order valence-electron chi connectivity index (χ3n) is 17.8. The summed E-state index contributed by atoms with van der Waals surface area (Å²) < 4.78 is 76.5. The molecule has 2 fully saturated rings. The smallest absolute Gasteiger partial charge is 0.329 e. The molecule has 3 amide bonds. The van der Waals surface area contributed by atoms with Crippen LogP contribution in [0.3, 0.4) is 0 Å². The first-order chi connectivity index (χ1) is 48.3. The number of nitrogens with one attached hydrogen (secondary N) is 2. The van der Waals surface area contributed by atoms with E-state index in [1.807, 2.05) is 57.2 Å². The minimum atomic E-state index is -0.820. The van der Waals surface area contributed by atoms with Gasteiger partial charge in [0.15, 0.2) is 29.6 Å². The summed E-state index contributed by atoms with van der Waals surface area (Å²) in [4.78, 5) is 63.8. The van der Waals surface area contributed by atoms with E-state index in [2.05, 4.69) is 55.6 Å². The Kier molecular flexibility index (Phi) is 28.8. The fourth-order valence-electron chi connectivity index (χ4n) is 12.5. The second kappa shape index (κ2) is 38.4. The van der Waals surface area contributed by atoms with E-state index in [4.69, 9.17) is 66.3 Å². The van der Waals surface area contributed by atoms with Gasteiger partial charge in [0.25, 0.3) is 5.91 Å². The highest BCUT2D eigenvalue weighted by molar-refractivity contribution is 5.89. The minimum Gasteiger partial charge on any atom is -0.493 e. The molecule has 2 saturated heterocycles. The quantitative estimate of drug-likeness (QED) is 0.0268. The Morgan fingerprint density at radius 2 is 1.34 bits per heavy atom. The molecule has 7 aromatic rings. The summed E-state index contributed by atoms with van der Waals surface area (Å²) in [7, 11) is 7.74. The van der Waals surface area contributed by atoms with Crippen molar-refractivity contribution >= 4 is 34.7 Å². The maximum absolute atomic E-state index is 14.6. The van der Waals surface area contributed by atoms with Gasteiger partial charge >= 0.3 is 5.97 Å². The number of carbonyl (C=O) groups is 4. The first-order valence-electron chi connectivity index (χ1n) is 34.3. The van der Waals surface area contributed by atoms with Crippen molar-refractivity contribution in [2.45, 2.75) is 103 Å². The van der Waals surface area contributed by atoms with E-state index in [1.165, 1.54) is 26.9 Å². The van der Waals surface area contributed by atoms with Gasteiger partial charge in [0.1, 0.15) is 41.8 Å². The minimum absolute atomic E-state index is 0.133. The number of aromatic nitrogens is 3. The van der Waals surface area contributed by atoms with Crippen molar-refractivity contribution in [3.05, 3.63) is 137 Å². The third kappa shape index (κ3) is 21.1. The Labute approximate surface area is 580 Å². The van der Waals surface area contributed by atoms with Crippen LogP contribution in [0.25, 0.3) is 22.2 Å². The van der Waals surface area contributed by atoms with E-state index >= 15 is 0 Å². The van der Waals surface area contributed by atoms with Crippen molar-refractivity contribution in [1.82, 2.24) is 35.1 Å². The van der Waals surface area contributed by atoms with Crippen LogP contribution < -0.4 is 43.8 Å². The Balaban J connectivity index is 0.641. The van der Waals surface area contributed by atoms with Crippen LogP contribution in [0.5, 0.6) is 40.2 Å². The number of rotatable bonds is 40. The number of nitrogens with zero attached hydrogens (tertiary/aromatic N) is 5. The molecule has 0 spiro atoms. The van der Waals surface area contributed by atoms with Gasteiger partial charge in [0.05, 0.1) is 118 Å². The number of carbonyl (C=O) groups excluding carboxylic acids is 4. The number of imidazole rings is 1. The number of methoxy groups -OCH3 is 5. The molecule has 4 heterocycles. The molecule has 2 aliphatic heterocycles. The number of esters is 1. The largest absolute Gasteiger partial charge is 0.493 e. The highest BCUT2D eigenvalue weighted by Crippen LogP contribution is 2.42. The van der Waals surface area contributed by atoms with Crippen LogP contribution in [0.2, 0.25) is 0 Å². The van der Waals surface area contributed by atoms with Crippen LogP contribution in [-0.4, -0.2) is 195 Å². The molecule has 0 bridgehead atoms. The van der Waals surface area contributed by atoms with Gasteiger partial charge in [0.2, 0.25) is 17.6 Å². The zero-order chi connectivity index (χ0) is 69.9. The molecule has 5 aromatic carbocycles. The number of morpholine rings is 1. The van der Waals surface area contributed by atoms with Crippen LogP contribution in [-0.2, 0) is 68.7 Å². The second-order valence-electron chi connectivity index (χ2n) is 24.3. The number of amides is 3. The van der Waals surface area contributed by atoms with Crippen LogP contribution in [0, 0.1) is 13.8 Å². The molecule has 0 saturated carbocycles. The first kappa shape index (κ1) is 74.3. The van der Waals surface area contributed by atoms with Gasteiger partial charge in [-0.3, -0.25) is 19.3 Å². The maximum Gasteiger partial charge on any atom is 0.329 e. The summed E-state index contributed by atoms with van der Waals surface area (Å²) in [5.74, 6) is 3.64. The molecule has 2 aromatic heterocycles. The number of likely N-dealkylation sites (tertiary alicyclic amines) is 1. The van der Waals surface area contributed by atoms with Gasteiger partial charge in [0, 0.05) is 57.7 Å². The molecule has 24 nitrogen and oxygen atoms in total. The summed E-state index contributed by atoms with van der Waals surface area (Å²) in [5, 5.41) is 9.86. The standard InChI is InChI=1S/C75H97N7O17/c1-9-60(57-48-67(89-6)73(91-8)68(49-57)90-7)74(85)82-31-11-10-15-63(82)75(86)98-64(25-18-54-19-26-65(87-4)66(45-54)88-5)55-13-12-14-59(46-55)97-50-71(84)77-29-37-93-42-44-95-43-41-92-36-28-70(83)76-30-38-96-58-22-16-53(17-23-58)20-27-69-78-61-47-56(72-51(2)79-99-52(72)3)21-24-62(61)81(69)33-32-80-34-39-94-40-35-80/h12-14,16-17,19,21-24,26,45-49,60,63-64H,9-11,15,18,20,25,27-44,50H2,1-8H3,(H,76,83)(H,77,84)/t60-,63-,64?/m0/s1. The number of aryl methyl sites for hydroxylation is 5. The lowest BCUT2D eigenvalue weighted by Gasteiger charge is -2.37. The number of piperidine rings is 1. The monoisotopic (exact) mass is 1370 g/mol. The molecule has 1 unspecified atom stereocenters. The predicted molar refractivity (Wildman–Crippen MR) is 372 cm³/mol. The van der Waals surface area contributed by atoms with Crippen LogP contribution in [0.15, 0.2) is 102 Å². The molecule has 24 heteroatoms. The van der Waals surface area contributed by atoms with Gasteiger partial charge in [-0.05, 0) is 147 Å². The summed E-state index contributed by atoms with van der Waals surface area (Å²) in [6.07, 6.45) is 4.32. The predicted octanol–water partition coefficient (Wildman–Crippen LogP) is 9.39. The van der Waals surface area contributed by atoms with E-state index in [0.29, 0.717) is 117 Å². The SMILES string of the molecule is CC[C@H](C(=O)N1CCCC[C@H]1C(=O)OC(CCc1ccc(OC)c(OC)c1)c1cccc(OCC(=O)NCCOCCOCCOCCC(=O)NCCOc2ccc(CCc3nc4cc(-c5c(C)noc5C)ccc4n3CCN3CCOCC3)cc2)c1)c1cc(OC)c(OC)c(OC)c1. The van der Waals surface area contributed by atoms with E-state index in [0.717, 1.165) is 116 Å². The molecule has 3 atom stereocenters. The van der Waals surface area contributed by atoms with E-state index in [1.54, 1.807) is 49.5 Å². The lowest BCUT2D eigenvalue weighted by molar-refractivity contribution is -0.162. The number of hydrogen-bond acceptors (Lipinski definition) is 20. The number of fused-ring (bicyclic) bond motifs is 1. The summed E-state index contributed by atoms with van der Waals surface area (Å²) in [6.45, 7) is 13.8. The molecule has 0 aliphatic carbocycles. The lowest BCUT2D eigenvalue weighted by atomic mass is 9.91. The first-order valence-corrected chi connectivity index (χ1v) is 34.3. The zero-order valence-corrected chi connectivity index (χ0v) is 58.5. The second-order valence-corrected chi connectivity index (χ2v) is 24.3. The van der Waals surface area contributed by atoms with E-state index in [-0.39, 0.29) is 50.5 Å². The summed E-state index contributed by atoms with van der Waals surface area (Å²) in [5.41, 5.74) is 8.44. The van der Waals surface area contributed by atoms with Crippen molar-refractivity contribution in [3.63, 3.8) is 0 Å². The van der Waals surface area contributed by atoms with Gasteiger partial charge in [-0.25, -0.2) is 9.78 Å². The Morgan fingerprint density at radius 3 is 2.05 bits per heavy atom. The average Bonchev–Trinajstić information content (AvgIpc) is 1.72. The molecule has 534 valence electrons. The maximum atomic E-state index is 14.6. The molecule has 9 rings (SSSR count). The number of benzene rings is 5. The van der Waals surface area contributed by atoms with Crippen LogP contribution >= 0.6 is 0 Å². The highest BCUT2D eigenvalue weighted by atomic mass is 16.6. The van der Waals surface area contributed by atoms with Crippen molar-refractivity contribution in [1.29, 1.82) is 0 Å². The zero-order valence-electron chi connectivity index (χ0n) is 58.5. The van der Waals surface area contributed by atoms with Gasteiger partial charge in [-0.15, -0.1) is 0 Å². The van der Waals surface area contributed by atoms with Crippen molar-refractivity contribution in [2.75, 3.05) is 141 Å². The topological polar surface area (TPSA) is 253 Å². The number of hydrogen-bond donors (Lipinski definition) is 2. The third-order valence-corrected chi connectivity index (χ3v) is 17.8. The Morgan fingerprint density at radius 1 is 0.636 bits per heavy atom. The van der Waals surface area contributed by atoms with E-state index < -0.39 is 24.0 Å². The fraction of sp³-hybridized carbons (Fsp3) is 0.493. The lowest BCUT2D eigenvalue weighted by Crippen LogP contribution is -2.50. The Bertz CT molecular complexity index is 3680. The summed E-state index contributed by atoms with van der Waals surface area (Å²) >= 11 is 0. The molecule has 2 N–H and O–H groups in total. The van der Waals surface area contributed by atoms with Crippen molar-refractivity contribution in [3.8, 4) is 51.4 Å². The molecule has 2 aliphatic rings. The van der Waals surface area contributed by atoms with Gasteiger partial charge < -0.3 is 81.5 Å². The van der Waals surface area contributed by atoms with Crippen LogP contribution in [0.4, 0.5) is 0 Å². The van der Waals surface area contributed by atoms with Crippen LogP contribution in [0.1, 0.15) is 97.0 Å². The fourth-order valence-corrected chi connectivity index (χ4v) is 12.5. The van der Waals surface area contributed by atoms with Gasteiger partial charge in [-0.1, -0.05) is 48.5 Å². The highest BCUT2D eigenvalue weighted by Gasteiger charge is 2.38. The summed E-state index contributed by atoms with van der Waals surface area (Å²) in [6, 6.07) is 30.1. The molecular weight excluding hydrogens is 1270 g/mol. The van der Waals surface area contributed by atoms with Crippen molar-refractivity contribution in [2.24, 2.45) is 0 Å². The van der Waals surface area contributed by atoms with E-state index in [9.17, 15) is 19.2 Å². The normalized spacial score (nSPS) is 14.7. The molecular formula is C75H97N7O17. The average molecular weight is 1370 g/mol. The molecule has 99 heavy (non-hydrogen) atoms.